The lowest BCUT2D eigenvalue weighted by Crippen LogP contribution is -2.28. The molecule has 0 atom stereocenters. The predicted octanol–water partition coefficient (Wildman–Crippen LogP) is 2.96. The first kappa shape index (κ1) is 15.0. The van der Waals surface area contributed by atoms with Gasteiger partial charge in [-0.25, -0.2) is 0 Å². The maximum atomic E-state index is 11.9. The lowest BCUT2D eigenvalue weighted by Gasteiger charge is -2.24. The number of hydrogen-bond donors (Lipinski definition) is 2. The average molecular weight is 269 g/mol. The van der Waals surface area contributed by atoms with Crippen LogP contribution in [0.4, 0.5) is 5.69 Å². The van der Waals surface area contributed by atoms with Gasteiger partial charge >= 0.3 is 0 Å². The second-order valence-electron chi connectivity index (χ2n) is 4.55. The molecular weight excluding hydrogens is 248 g/mol. The first-order valence-electron chi connectivity index (χ1n) is 6.40. The number of nitrogens with one attached hydrogen (secondary N) is 2. The van der Waals surface area contributed by atoms with Gasteiger partial charge in [-0.1, -0.05) is 31.5 Å². The number of carbonyl (C=O) groups is 1. The van der Waals surface area contributed by atoms with E-state index >= 15 is 0 Å². The van der Waals surface area contributed by atoms with E-state index in [1.807, 2.05) is 18.2 Å². The molecule has 0 saturated heterocycles. The Kier molecular flexibility index (Phi) is 6.16. The van der Waals surface area contributed by atoms with Crippen molar-refractivity contribution in [1.29, 1.82) is 0 Å². The lowest BCUT2D eigenvalue weighted by molar-refractivity contribution is -0.122. The molecule has 1 saturated carbocycles. The molecule has 0 bridgehead atoms. The maximum absolute atomic E-state index is 11.9. The Morgan fingerprint density at radius 1 is 1.33 bits per heavy atom. The zero-order chi connectivity index (χ0) is 12.1. The molecule has 0 aliphatic heterocycles. The largest absolute Gasteiger partial charge is 0.326 e. The topological polar surface area (TPSA) is 41.1 Å². The van der Waals surface area contributed by atoms with E-state index in [9.17, 15) is 4.79 Å². The van der Waals surface area contributed by atoms with Gasteiger partial charge in [0.25, 0.3) is 0 Å². The monoisotopic (exact) mass is 268 g/mol. The van der Waals surface area contributed by atoms with Crippen molar-refractivity contribution in [2.24, 2.45) is 5.92 Å². The van der Waals surface area contributed by atoms with Crippen LogP contribution in [0.25, 0.3) is 0 Å². The van der Waals surface area contributed by atoms with Gasteiger partial charge in [-0.05, 0) is 31.0 Å². The van der Waals surface area contributed by atoms with E-state index in [2.05, 4.69) is 23.6 Å². The smallest absolute Gasteiger partial charge is 0.227 e. The molecule has 2 rings (SSSR count). The van der Waals surface area contributed by atoms with E-state index in [1.54, 1.807) is 0 Å². The summed E-state index contributed by atoms with van der Waals surface area (Å²) >= 11 is 0. The zero-order valence-corrected chi connectivity index (χ0v) is 11.6. The Morgan fingerprint density at radius 3 is 2.67 bits per heavy atom. The molecule has 1 fully saturated rings. The molecule has 1 aliphatic carbocycles. The molecule has 3 nitrogen and oxygen atoms in total. The Balaban J connectivity index is 0.00000162. The summed E-state index contributed by atoms with van der Waals surface area (Å²) in [5.41, 5.74) is 2.10. The van der Waals surface area contributed by atoms with E-state index in [-0.39, 0.29) is 24.2 Å². The van der Waals surface area contributed by atoms with Gasteiger partial charge in [-0.15, -0.1) is 12.4 Å². The molecular formula is C14H21ClN2O. The van der Waals surface area contributed by atoms with Crippen molar-refractivity contribution in [3.63, 3.8) is 0 Å². The predicted molar refractivity (Wildman–Crippen MR) is 77.0 cm³/mol. The molecule has 0 unspecified atom stereocenters. The standard InChI is InChI=1S/C14H20N2O.ClH/c1-2-15-10-12-6-3-4-9-13(12)16-14(17)11-7-5-8-11;/h3-4,6,9,11,15H,2,5,7-8,10H2,1H3,(H,16,17);1H. The van der Waals surface area contributed by atoms with Gasteiger partial charge in [-0.2, -0.15) is 0 Å². The van der Waals surface area contributed by atoms with Crippen molar-refractivity contribution >= 4 is 24.0 Å². The summed E-state index contributed by atoms with van der Waals surface area (Å²) in [6, 6.07) is 8.00. The summed E-state index contributed by atoms with van der Waals surface area (Å²) in [4.78, 5) is 11.9. The lowest BCUT2D eigenvalue weighted by atomic mass is 9.85. The highest BCUT2D eigenvalue weighted by atomic mass is 35.5. The first-order valence-corrected chi connectivity index (χ1v) is 6.40. The Hall–Kier alpha value is -1.06. The highest BCUT2D eigenvalue weighted by Gasteiger charge is 2.25. The third-order valence-electron chi connectivity index (χ3n) is 3.32. The van der Waals surface area contributed by atoms with Gasteiger partial charge < -0.3 is 10.6 Å². The molecule has 100 valence electrons. The molecule has 1 aromatic rings. The van der Waals surface area contributed by atoms with Crippen molar-refractivity contribution < 1.29 is 4.79 Å². The third-order valence-corrected chi connectivity index (χ3v) is 3.32. The van der Waals surface area contributed by atoms with Gasteiger partial charge in [0.05, 0.1) is 0 Å². The first-order chi connectivity index (χ1) is 8.31. The molecule has 0 heterocycles. The molecule has 0 radical (unpaired) electrons. The van der Waals surface area contributed by atoms with Crippen LogP contribution in [0, 0.1) is 5.92 Å². The molecule has 2 N–H and O–H groups in total. The fourth-order valence-corrected chi connectivity index (χ4v) is 1.96. The van der Waals surface area contributed by atoms with Crippen LogP contribution in [-0.2, 0) is 11.3 Å². The van der Waals surface area contributed by atoms with Crippen molar-refractivity contribution in [1.82, 2.24) is 5.32 Å². The minimum atomic E-state index is 0. The molecule has 1 aromatic carbocycles. The van der Waals surface area contributed by atoms with Gasteiger partial charge in [0.1, 0.15) is 0 Å². The summed E-state index contributed by atoms with van der Waals surface area (Å²) in [5.74, 6) is 0.419. The summed E-state index contributed by atoms with van der Waals surface area (Å²) in [6.07, 6.45) is 3.28. The van der Waals surface area contributed by atoms with Crippen molar-refractivity contribution in [2.75, 3.05) is 11.9 Å². The number of amides is 1. The van der Waals surface area contributed by atoms with Gasteiger partial charge in [-0.3, -0.25) is 4.79 Å². The van der Waals surface area contributed by atoms with E-state index in [0.717, 1.165) is 37.2 Å². The Bertz CT molecular complexity index is 391. The number of carbonyl (C=O) groups excluding carboxylic acids is 1. The Labute approximate surface area is 115 Å². The van der Waals surface area contributed by atoms with E-state index < -0.39 is 0 Å². The SMILES string of the molecule is CCNCc1ccccc1NC(=O)C1CCC1.Cl. The highest BCUT2D eigenvalue weighted by molar-refractivity contribution is 5.93. The van der Waals surface area contributed by atoms with E-state index in [1.165, 1.54) is 6.42 Å². The van der Waals surface area contributed by atoms with Crippen LogP contribution >= 0.6 is 12.4 Å². The van der Waals surface area contributed by atoms with Gasteiger partial charge in [0, 0.05) is 18.2 Å². The van der Waals surface area contributed by atoms with Crippen molar-refractivity contribution in [3.05, 3.63) is 29.8 Å². The average Bonchev–Trinajstić information content (AvgIpc) is 2.25. The van der Waals surface area contributed by atoms with Crippen LogP contribution in [0.5, 0.6) is 0 Å². The zero-order valence-electron chi connectivity index (χ0n) is 10.7. The normalized spacial score (nSPS) is 14.5. The number of benzene rings is 1. The number of halogens is 1. The molecule has 1 amide bonds. The molecule has 1 aliphatic rings. The summed E-state index contributed by atoms with van der Waals surface area (Å²) < 4.78 is 0. The van der Waals surface area contributed by atoms with Crippen LogP contribution in [0.15, 0.2) is 24.3 Å². The van der Waals surface area contributed by atoms with Crippen LogP contribution in [0.2, 0.25) is 0 Å². The number of anilines is 1. The second-order valence-corrected chi connectivity index (χ2v) is 4.55. The maximum Gasteiger partial charge on any atom is 0.227 e. The fraction of sp³-hybridized carbons (Fsp3) is 0.500. The minimum absolute atomic E-state index is 0. The number of para-hydroxylation sites is 1. The number of hydrogen-bond acceptors (Lipinski definition) is 2. The third kappa shape index (κ3) is 3.72. The van der Waals surface area contributed by atoms with Gasteiger partial charge in [0.15, 0.2) is 0 Å². The van der Waals surface area contributed by atoms with Crippen LogP contribution in [0.1, 0.15) is 31.7 Å². The quantitative estimate of drug-likeness (QED) is 0.862. The van der Waals surface area contributed by atoms with E-state index in [0.29, 0.717) is 0 Å². The molecule has 0 spiro atoms. The Morgan fingerprint density at radius 2 is 2.06 bits per heavy atom. The minimum Gasteiger partial charge on any atom is -0.326 e. The van der Waals surface area contributed by atoms with E-state index in [4.69, 9.17) is 0 Å². The van der Waals surface area contributed by atoms with Gasteiger partial charge in [0.2, 0.25) is 5.91 Å². The summed E-state index contributed by atoms with van der Waals surface area (Å²) in [7, 11) is 0. The fourth-order valence-electron chi connectivity index (χ4n) is 1.96. The van der Waals surface area contributed by atoms with Crippen LogP contribution in [0.3, 0.4) is 0 Å². The van der Waals surface area contributed by atoms with Crippen molar-refractivity contribution in [2.45, 2.75) is 32.7 Å². The van der Waals surface area contributed by atoms with Crippen LogP contribution in [-0.4, -0.2) is 12.5 Å². The summed E-state index contributed by atoms with van der Waals surface area (Å²) in [5, 5.41) is 6.33. The molecule has 4 heteroatoms. The van der Waals surface area contributed by atoms with Crippen molar-refractivity contribution in [3.8, 4) is 0 Å². The molecule has 18 heavy (non-hydrogen) atoms. The number of rotatable bonds is 5. The second kappa shape index (κ2) is 7.39. The summed E-state index contributed by atoms with van der Waals surface area (Å²) in [6.45, 7) is 3.82. The molecule has 0 aromatic heterocycles. The van der Waals surface area contributed by atoms with Crippen LogP contribution < -0.4 is 10.6 Å². The highest BCUT2D eigenvalue weighted by Crippen LogP contribution is 2.28.